The molecule has 8 nitrogen and oxygen atoms in total. The number of unbranched alkanes of at least 4 members (excludes halogenated alkanes) is 8. The highest BCUT2D eigenvalue weighted by Crippen LogP contribution is 2.23. The molecule has 0 bridgehead atoms. The minimum atomic E-state index is -4.20. The molecule has 3 aromatic carbocycles. The molecule has 0 heterocycles. The molecule has 4 N–H and O–H groups in total. The van der Waals surface area contributed by atoms with Gasteiger partial charge in [0.2, 0.25) is 0 Å². The maximum Gasteiger partial charge on any atom is 0.389 e. The third kappa shape index (κ3) is 16.2. The molecule has 48 heavy (non-hydrogen) atoms. The number of carbonyl (C=O) groups is 2. The molecule has 0 aliphatic heterocycles. The van der Waals surface area contributed by atoms with E-state index in [0.717, 1.165) is 56.3 Å². The number of nitrogens with two attached hydrogens (primary N) is 2. The van der Waals surface area contributed by atoms with Gasteiger partial charge in [0.25, 0.3) is 0 Å². The minimum absolute atomic E-state index is 0.0530. The Morgan fingerprint density at radius 3 is 1.67 bits per heavy atom. The summed E-state index contributed by atoms with van der Waals surface area (Å²) in [7, 11) is 0. The number of anilines is 2. The van der Waals surface area contributed by atoms with Crippen molar-refractivity contribution in [1.29, 1.82) is 0 Å². The SMILES string of the molecule is Nc1cc(N)cc(C(=O)OCCCCCCCCCCCOc2ccc(/C=C/C(=O)Oc3ccc(OCCCC(F)(F)F)cc3)cc2)c1. The Kier molecular flexibility index (Phi) is 16.2. The molecule has 3 rings (SSSR count). The molecule has 0 saturated heterocycles. The van der Waals surface area contributed by atoms with Gasteiger partial charge in [0, 0.05) is 23.9 Å². The van der Waals surface area contributed by atoms with E-state index in [4.69, 9.17) is 30.4 Å². The summed E-state index contributed by atoms with van der Waals surface area (Å²) in [6.45, 7) is 0.975. The molecule has 0 spiro atoms. The van der Waals surface area contributed by atoms with Crippen LogP contribution in [0.5, 0.6) is 17.2 Å². The first-order valence-corrected chi connectivity index (χ1v) is 16.3. The van der Waals surface area contributed by atoms with Crippen LogP contribution < -0.4 is 25.7 Å². The monoisotopic (exact) mass is 670 g/mol. The van der Waals surface area contributed by atoms with E-state index in [1.165, 1.54) is 43.2 Å². The number of nitrogen functional groups attached to an aromatic ring is 2. The van der Waals surface area contributed by atoms with Crippen LogP contribution in [-0.2, 0) is 9.53 Å². The third-order valence-electron chi connectivity index (χ3n) is 7.21. The van der Waals surface area contributed by atoms with Gasteiger partial charge in [-0.1, -0.05) is 57.1 Å². The number of esters is 2. The molecule has 0 atom stereocenters. The van der Waals surface area contributed by atoms with Gasteiger partial charge >= 0.3 is 18.1 Å². The van der Waals surface area contributed by atoms with Gasteiger partial charge in [-0.2, -0.15) is 13.2 Å². The number of ether oxygens (including phenoxy) is 4. The van der Waals surface area contributed by atoms with Crippen LogP contribution in [0.1, 0.15) is 86.6 Å². The van der Waals surface area contributed by atoms with Crippen LogP contribution in [0, 0.1) is 0 Å². The van der Waals surface area contributed by atoms with Crippen molar-refractivity contribution in [3.8, 4) is 17.2 Å². The van der Waals surface area contributed by atoms with Crippen LogP contribution in [0.3, 0.4) is 0 Å². The molecule has 0 unspecified atom stereocenters. The molecule has 0 amide bonds. The van der Waals surface area contributed by atoms with Crippen LogP contribution in [0.4, 0.5) is 24.5 Å². The fourth-order valence-corrected chi connectivity index (χ4v) is 4.73. The fraction of sp³-hybridized carbons (Fsp3) is 0.405. The number of hydrogen-bond acceptors (Lipinski definition) is 8. The summed E-state index contributed by atoms with van der Waals surface area (Å²) in [6.07, 6.45) is 7.46. The zero-order chi connectivity index (χ0) is 34.6. The quantitative estimate of drug-likeness (QED) is 0.0379. The zero-order valence-electron chi connectivity index (χ0n) is 27.1. The maximum atomic E-state index is 12.2. The summed E-state index contributed by atoms with van der Waals surface area (Å²) in [5.74, 6) is 0.499. The highest BCUT2D eigenvalue weighted by molar-refractivity contribution is 5.91. The Morgan fingerprint density at radius 1 is 0.625 bits per heavy atom. The summed E-state index contributed by atoms with van der Waals surface area (Å²) < 4.78 is 58.3. The van der Waals surface area contributed by atoms with E-state index in [0.29, 0.717) is 41.7 Å². The van der Waals surface area contributed by atoms with Gasteiger partial charge in [0.05, 0.1) is 25.4 Å². The molecule has 0 aliphatic carbocycles. The predicted molar refractivity (Wildman–Crippen MR) is 181 cm³/mol. The van der Waals surface area contributed by atoms with Gasteiger partial charge in [0.1, 0.15) is 17.2 Å². The van der Waals surface area contributed by atoms with Gasteiger partial charge in [-0.25, -0.2) is 9.59 Å². The summed E-state index contributed by atoms with van der Waals surface area (Å²) in [5.41, 5.74) is 13.5. The van der Waals surface area contributed by atoms with Crippen molar-refractivity contribution < 1.29 is 41.7 Å². The standard InChI is InChI=1S/C37H45F3N2O6/c38-37(39,40)21-10-24-46-33-16-18-34(19-17-33)48-35(43)20-13-28-11-14-32(15-12-28)45-22-8-6-4-2-1-3-5-7-9-23-47-36(44)29-25-30(41)27-31(42)26-29/h11-20,25-27H,1-10,21-24,41-42H2/b20-13+. The first-order valence-electron chi connectivity index (χ1n) is 16.3. The van der Waals surface area contributed by atoms with E-state index in [2.05, 4.69) is 0 Å². The Hall–Kier alpha value is -4.67. The molecule has 11 heteroatoms. The van der Waals surface area contributed by atoms with E-state index in [1.54, 1.807) is 24.3 Å². The lowest BCUT2D eigenvalue weighted by molar-refractivity contribution is -0.136. The topological polar surface area (TPSA) is 123 Å². The molecule has 0 aliphatic rings. The lowest BCUT2D eigenvalue weighted by Crippen LogP contribution is -2.09. The van der Waals surface area contributed by atoms with Crippen molar-refractivity contribution >= 4 is 29.4 Å². The van der Waals surface area contributed by atoms with Crippen LogP contribution >= 0.6 is 0 Å². The molecule has 0 radical (unpaired) electrons. The van der Waals surface area contributed by atoms with Crippen LogP contribution in [0.15, 0.2) is 72.8 Å². The largest absolute Gasteiger partial charge is 0.494 e. The first kappa shape index (κ1) is 37.8. The van der Waals surface area contributed by atoms with E-state index in [1.807, 2.05) is 24.3 Å². The molecular formula is C37H45F3N2O6. The number of alkyl halides is 3. The molecule has 0 aromatic heterocycles. The molecule has 260 valence electrons. The number of hydrogen-bond donors (Lipinski definition) is 2. The maximum absolute atomic E-state index is 12.2. The van der Waals surface area contributed by atoms with Gasteiger partial charge in [-0.05, 0) is 85.5 Å². The Labute approximate surface area is 280 Å². The second-order valence-corrected chi connectivity index (χ2v) is 11.4. The Balaban J connectivity index is 1.17. The lowest BCUT2D eigenvalue weighted by atomic mass is 10.1. The highest BCUT2D eigenvalue weighted by atomic mass is 19.4. The second kappa shape index (κ2) is 20.5. The van der Waals surface area contributed by atoms with Crippen molar-refractivity contribution in [2.45, 2.75) is 76.8 Å². The van der Waals surface area contributed by atoms with E-state index in [9.17, 15) is 22.8 Å². The van der Waals surface area contributed by atoms with Crippen LogP contribution in [0.2, 0.25) is 0 Å². The summed E-state index contributed by atoms with van der Waals surface area (Å²) in [5, 5.41) is 0. The van der Waals surface area contributed by atoms with Gasteiger partial charge in [0.15, 0.2) is 0 Å². The lowest BCUT2D eigenvalue weighted by Gasteiger charge is -2.08. The molecular weight excluding hydrogens is 625 g/mol. The van der Waals surface area contributed by atoms with E-state index >= 15 is 0 Å². The second-order valence-electron chi connectivity index (χ2n) is 11.4. The number of carbonyl (C=O) groups excluding carboxylic acids is 2. The Bertz CT molecular complexity index is 1410. The van der Waals surface area contributed by atoms with Gasteiger partial charge < -0.3 is 30.4 Å². The van der Waals surface area contributed by atoms with E-state index < -0.39 is 24.5 Å². The smallest absolute Gasteiger partial charge is 0.389 e. The normalized spacial score (nSPS) is 11.4. The molecule has 3 aromatic rings. The van der Waals surface area contributed by atoms with Crippen molar-refractivity contribution in [3.63, 3.8) is 0 Å². The summed E-state index contributed by atoms with van der Waals surface area (Å²) in [4.78, 5) is 24.3. The van der Waals surface area contributed by atoms with Gasteiger partial charge in [-0.15, -0.1) is 0 Å². The van der Waals surface area contributed by atoms with Crippen molar-refractivity contribution in [3.05, 3.63) is 83.9 Å². The number of benzene rings is 3. The Morgan fingerprint density at radius 2 is 1.10 bits per heavy atom. The first-order chi connectivity index (χ1) is 23.1. The molecule has 0 saturated carbocycles. The minimum Gasteiger partial charge on any atom is -0.494 e. The van der Waals surface area contributed by atoms with E-state index in [-0.39, 0.29) is 13.0 Å². The third-order valence-corrected chi connectivity index (χ3v) is 7.21. The summed E-state index contributed by atoms with van der Waals surface area (Å²) in [6, 6.07) is 18.3. The predicted octanol–water partition coefficient (Wildman–Crippen LogP) is 8.94. The average Bonchev–Trinajstić information content (AvgIpc) is 3.04. The van der Waals surface area contributed by atoms with Crippen LogP contribution in [0.25, 0.3) is 6.08 Å². The van der Waals surface area contributed by atoms with Crippen LogP contribution in [-0.4, -0.2) is 37.9 Å². The number of rotatable bonds is 21. The fourth-order valence-electron chi connectivity index (χ4n) is 4.73. The number of halogens is 3. The van der Waals surface area contributed by atoms with Crippen molar-refractivity contribution in [1.82, 2.24) is 0 Å². The molecule has 0 fully saturated rings. The van der Waals surface area contributed by atoms with Gasteiger partial charge in [-0.3, -0.25) is 0 Å². The van der Waals surface area contributed by atoms with Crippen molar-refractivity contribution in [2.24, 2.45) is 0 Å². The highest BCUT2D eigenvalue weighted by Gasteiger charge is 2.26. The average molecular weight is 671 g/mol. The summed E-state index contributed by atoms with van der Waals surface area (Å²) >= 11 is 0. The zero-order valence-corrected chi connectivity index (χ0v) is 27.1. The van der Waals surface area contributed by atoms with Crippen molar-refractivity contribution in [2.75, 3.05) is 31.3 Å².